The van der Waals surface area contributed by atoms with Gasteiger partial charge >= 0.3 is 0 Å². The van der Waals surface area contributed by atoms with Crippen LogP contribution in [0.15, 0.2) is 18.2 Å². The van der Waals surface area contributed by atoms with Crippen LogP contribution in [0.2, 0.25) is 0 Å². The van der Waals surface area contributed by atoms with E-state index in [4.69, 9.17) is 5.11 Å². The van der Waals surface area contributed by atoms with E-state index in [1.165, 1.54) is 17.5 Å². The normalized spacial score (nSPS) is 15.2. The van der Waals surface area contributed by atoms with Crippen LogP contribution in [0, 0.1) is 0 Å². The van der Waals surface area contributed by atoms with Gasteiger partial charge in [-0.2, -0.15) is 0 Å². The Bertz CT molecular complexity index is 427. The molecule has 0 fully saturated rings. The molecule has 18 heavy (non-hydrogen) atoms. The van der Waals surface area contributed by atoms with E-state index in [-0.39, 0.29) is 12.0 Å². The van der Waals surface area contributed by atoms with Crippen LogP contribution in [0.3, 0.4) is 0 Å². The Kier molecular flexibility index (Phi) is 4.37. The molecule has 3 nitrogen and oxygen atoms in total. The zero-order chi connectivity index (χ0) is 13.0. The van der Waals surface area contributed by atoms with E-state index in [2.05, 4.69) is 11.4 Å². The Balaban J connectivity index is 1.85. The highest BCUT2D eigenvalue weighted by Gasteiger charge is 2.13. The average Bonchev–Trinajstić information content (AvgIpc) is 2.81. The van der Waals surface area contributed by atoms with Gasteiger partial charge in [-0.05, 0) is 62.3 Å². The Hall–Kier alpha value is -1.35. The van der Waals surface area contributed by atoms with Crippen molar-refractivity contribution >= 4 is 5.91 Å². The molecule has 98 valence electrons. The fraction of sp³-hybridized carbons (Fsp3) is 0.533. The summed E-state index contributed by atoms with van der Waals surface area (Å²) in [7, 11) is 0. The standard InChI is InChI=1S/C15H21NO2/c1-11(17)4-3-9-16-15(18)14-8-7-12-5-2-6-13(12)10-14/h7-8,10-11,17H,2-6,9H2,1H3,(H,16,18). The minimum absolute atomic E-state index is 0.00436. The van der Waals surface area contributed by atoms with Gasteiger partial charge in [0.25, 0.3) is 5.91 Å². The van der Waals surface area contributed by atoms with E-state index in [9.17, 15) is 4.79 Å². The Morgan fingerprint density at radius 3 is 2.94 bits per heavy atom. The van der Waals surface area contributed by atoms with Gasteiger partial charge in [-0.3, -0.25) is 4.79 Å². The van der Waals surface area contributed by atoms with Crippen molar-refractivity contribution in [1.29, 1.82) is 0 Å². The van der Waals surface area contributed by atoms with Crippen LogP contribution in [0.5, 0.6) is 0 Å². The predicted octanol–water partition coefficient (Wildman–Crippen LogP) is 2.07. The second-order valence-electron chi connectivity index (χ2n) is 5.08. The van der Waals surface area contributed by atoms with E-state index in [1.54, 1.807) is 6.92 Å². The molecule has 1 aromatic rings. The van der Waals surface area contributed by atoms with Crippen LogP contribution in [-0.4, -0.2) is 23.7 Å². The van der Waals surface area contributed by atoms with Crippen LogP contribution in [-0.2, 0) is 12.8 Å². The van der Waals surface area contributed by atoms with Crippen LogP contribution < -0.4 is 5.32 Å². The first-order valence-electron chi connectivity index (χ1n) is 6.75. The van der Waals surface area contributed by atoms with Crippen LogP contribution in [0.4, 0.5) is 0 Å². The van der Waals surface area contributed by atoms with Crippen molar-refractivity contribution in [1.82, 2.24) is 5.32 Å². The van der Waals surface area contributed by atoms with Gasteiger partial charge < -0.3 is 10.4 Å². The molecule has 0 saturated carbocycles. The van der Waals surface area contributed by atoms with E-state index < -0.39 is 0 Å². The summed E-state index contributed by atoms with van der Waals surface area (Å²) in [6, 6.07) is 6.01. The molecule has 1 aromatic carbocycles. The number of amides is 1. The second kappa shape index (κ2) is 6.01. The number of rotatable bonds is 5. The Labute approximate surface area is 108 Å². The average molecular weight is 247 g/mol. The molecule has 1 unspecified atom stereocenters. The number of aryl methyl sites for hydroxylation is 2. The van der Waals surface area contributed by atoms with Crippen LogP contribution in [0.1, 0.15) is 47.7 Å². The number of hydrogen-bond donors (Lipinski definition) is 2. The van der Waals surface area contributed by atoms with Crippen molar-refractivity contribution in [3.8, 4) is 0 Å². The van der Waals surface area contributed by atoms with Gasteiger partial charge in [-0.15, -0.1) is 0 Å². The fourth-order valence-corrected chi connectivity index (χ4v) is 2.41. The number of carbonyl (C=O) groups is 1. The molecule has 2 N–H and O–H groups in total. The smallest absolute Gasteiger partial charge is 0.251 e. The number of fused-ring (bicyclic) bond motifs is 1. The second-order valence-corrected chi connectivity index (χ2v) is 5.08. The highest BCUT2D eigenvalue weighted by atomic mass is 16.3. The number of benzene rings is 1. The summed E-state index contributed by atoms with van der Waals surface area (Å²) in [4.78, 5) is 11.9. The van der Waals surface area contributed by atoms with E-state index in [0.29, 0.717) is 6.54 Å². The fourth-order valence-electron chi connectivity index (χ4n) is 2.41. The lowest BCUT2D eigenvalue weighted by Gasteiger charge is -2.08. The third-order valence-corrected chi connectivity index (χ3v) is 3.44. The molecule has 0 bridgehead atoms. The van der Waals surface area contributed by atoms with Gasteiger partial charge in [0.15, 0.2) is 0 Å². The summed E-state index contributed by atoms with van der Waals surface area (Å²) in [5, 5.41) is 12.0. The number of aliphatic hydroxyl groups excluding tert-OH is 1. The first kappa shape index (κ1) is 13.1. The third-order valence-electron chi connectivity index (χ3n) is 3.44. The highest BCUT2D eigenvalue weighted by molar-refractivity contribution is 5.94. The van der Waals surface area contributed by atoms with Gasteiger partial charge in [0.2, 0.25) is 0 Å². The lowest BCUT2D eigenvalue weighted by molar-refractivity contribution is 0.0949. The van der Waals surface area contributed by atoms with Crippen molar-refractivity contribution in [2.24, 2.45) is 0 Å². The molecule has 0 aliphatic heterocycles. The molecule has 1 atom stereocenters. The first-order chi connectivity index (χ1) is 8.66. The molecule has 0 heterocycles. The predicted molar refractivity (Wildman–Crippen MR) is 71.7 cm³/mol. The van der Waals surface area contributed by atoms with Crippen molar-refractivity contribution in [2.45, 2.75) is 45.1 Å². The first-order valence-corrected chi connectivity index (χ1v) is 6.75. The SMILES string of the molecule is CC(O)CCCNC(=O)c1ccc2c(c1)CCC2. The largest absolute Gasteiger partial charge is 0.393 e. The van der Waals surface area contributed by atoms with Crippen LogP contribution in [0.25, 0.3) is 0 Å². The number of hydrogen-bond acceptors (Lipinski definition) is 2. The summed E-state index contributed by atoms with van der Waals surface area (Å²) in [6.07, 6.45) is 4.69. The summed E-state index contributed by atoms with van der Waals surface area (Å²) in [6.45, 7) is 2.39. The summed E-state index contributed by atoms with van der Waals surface area (Å²) >= 11 is 0. The molecule has 0 saturated heterocycles. The maximum Gasteiger partial charge on any atom is 0.251 e. The monoisotopic (exact) mass is 247 g/mol. The molecular formula is C15H21NO2. The zero-order valence-corrected chi connectivity index (χ0v) is 10.9. The third kappa shape index (κ3) is 3.33. The van der Waals surface area contributed by atoms with E-state index in [0.717, 1.165) is 31.2 Å². The zero-order valence-electron chi connectivity index (χ0n) is 10.9. The molecule has 1 aliphatic carbocycles. The van der Waals surface area contributed by atoms with Crippen molar-refractivity contribution in [2.75, 3.05) is 6.54 Å². The van der Waals surface area contributed by atoms with E-state index in [1.807, 2.05) is 12.1 Å². The maximum absolute atomic E-state index is 11.9. The lowest BCUT2D eigenvalue weighted by atomic mass is 10.1. The minimum atomic E-state index is -0.290. The summed E-state index contributed by atoms with van der Waals surface area (Å²) < 4.78 is 0. The van der Waals surface area contributed by atoms with Crippen molar-refractivity contribution < 1.29 is 9.90 Å². The van der Waals surface area contributed by atoms with E-state index >= 15 is 0 Å². The Morgan fingerprint density at radius 1 is 1.39 bits per heavy atom. The van der Waals surface area contributed by atoms with Gasteiger partial charge in [0.1, 0.15) is 0 Å². The van der Waals surface area contributed by atoms with Gasteiger partial charge in [-0.25, -0.2) is 0 Å². The number of carbonyl (C=O) groups excluding carboxylic acids is 1. The lowest BCUT2D eigenvalue weighted by Crippen LogP contribution is -2.25. The topological polar surface area (TPSA) is 49.3 Å². The number of nitrogens with one attached hydrogen (secondary N) is 1. The minimum Gasteiger partial charge on any atom is -0.393 e. The Morgan fingerprint density at radius 2 is 2.17 bits per heavy atom. The molecule has 1 aliphatic rings. The molecule has 1 amide bonds. The quantitative estimate of drug-likeness (QED) is 0.783. The molecule has 3 heteroatoms. The molecule has 0 radical (unpaired) electrons. The molecule has 0 aromatic heterocycles. The van der Waals surface area contributed by atoms with Crippen molar-refractivity contribution in [3.05, 3.63) is 34.9 Å². The van der Waals surface area contributed by atoms with Crippen molar-refractivity contribution in [3.63, 3.8) is 0 Å². The number of aliphatic hydroxyl groups is 1. The van der Waals surface area contributed by atoms with Gasteiger partial charge in [0.05, 0.1) is 6.10 Å². The molecule has 0 spiro atoms. The summed E-state index contributed by atoms with van der Waals surface area (Å²) in [5.74, 6) is -0.00436. The van der Waals surface area contributed by atoms with Crippen LogP contribution >= 0.6 is 0 Å². The molecular weight excluding hydrogens is 226 g/mol. The maximum atomic E-state index is 11.9. The summed E-state index contributed by atoms with van der Waals surface area (Å²) in [5.41, 5.74) is 3.47. The van der Waals surface area contributed by atoms with Gasteiger partial charge in [0, 0.05) is 12.1 Å². The highest BCUT2D eigenvalue weighted by Crippen LogP contribution is 2.22. The van der Waals surface area contributed by atoms with Gasteiger partial charge in [-0.1, -0.05) is 6.07 Å². The molecule has 2 rings (SSSR count).